The van der Waals surface area contributed by atoms with Crippen LogP contribution in [0.5, 0.6) is 0 Å². The third-order valence-corrected chi connectivity index (χ3v) is 3.26. The summed E-state index contributed by atoms with van der Waals surface area (Å²) in [6, 6.07) is 16.6. The van der Waals surface area contributed by atoms with Gasteiger partial charge in [0.05, 0.1) is 0 Å². The van der Waals surface area contributed by atoms with Crippen molar-refractivity contribution < 1.29 is 4.79 Å². The molecular weight excluding hydrogens is 248 g/mol. The van der Waals surface area contributed by atoms with Crippen molar-refractivity contribution in [1.29, 1.82) is 0 Å². The zero-order chi connectivity index (χ0) is 14.5. The molecule has 0 aliphatic heterocycles. The molecule has 0 heterocycles. The molecule has 0 unspecified atom stereocenters. The van der Waals surface area contributed by atoms with Gasteiger partial charge in [-0.3, -0.25) is 4.79 Å². The number of nitrogens with one attached hydrogen (secondary N) is 1. The minimum Gasteiger partial charge on any atom is -0.324 e. The molecule has 0 saturated carbocycles. The minimum atomic E-state index is -0.654. The van der Waals surface area contributed by atoms with Crippen LogP contribution in [0.4, 0.5) is 5.69 Å². The first-order valence-corrected chi connectivity index (χ1v) is 6.79. The predicted octanol–water partition coefficient (Wildman–Crippen LogP) is 3.45. The number of nitrogens with two attached hydrogens (primary N) is 1. The Bertz CT molecular complexity index is 579. The SMILES string of the molecule is CC(C)c1cccc(NC(=O)[C@H](N)c2ccccc2)c1. The van der Waals surface area contributed by atoms with Gasteiger partial charge in [0.25, 0.3) is 0 Å². The molecular formula is C17H20N2O. The summed E-state index contributed by atoms with van der Waals surface area (Å²) >= 11 is 0. The molecule has 2 rings (SSSR count). The first-order valence-electron chi connectivity index (χ1n) is 6.79. The number of carbonyl (C=O) groups is 1. The Morgan fingerprint density at radius 1 is 1.00 bits per heavy atom. The van der Waals surface area contributed by atoms with E-state index in [4.69, 9.17) is 5.73 Å². The molecule has 104 valence electrons. The van der Waals surface area contributed by atoms with Crippen LogP contribution in [0.25, 0.3) is 0 Å². The molecule has 0 aliphatic rings. The molecule has 1 amide bonds. The van der Waals surface area contributed by atoms with E-state index in [1.807, 2.05) is 48.5 Å². The van der Waals surface area contributed by atoms with Crippen LogP contribution in [0, 0.1) is 0 Å². The Balaban J connectivity index is 2.10. The lowest BCUT2D eigenvalue weighted by molar-refractivity contribution is -0.117. The summed E-state index contributed by atoms with van der Waals surface area (Å²) in [6.45, 7) is 4.24. The van der Waals surface area contributed by atoms with Gasteiger partial charge < -0.3 is 11.1 Å². The summed E-state index contributed by atoms with van der Waals surface area (Å²) in [5.74, 6) is 0.228. The van der Waals surface area contributed by atoms with Gasteiger partial charge in [-0.25, -0.2) is 0 Å². The lowest BCUT2D eigenvalue weighted by atomic mass is 10.0. The molecule has 2 aromatic carbocycles. The third-order valence-electron chi connectivity index (χ3n) is 3.26. The minimum absolute atomic E-state index is 0.197. The van der Waals surface area contributed by atoms with Gasteiger partial charge in [-0.15, -0.1) is 0 Å². The van der Waals surface area contributed by atoms with Crippen molar-refractivity contribution in [2.45, 2.75) is 25.8 Å². The van der Waals surface area contributed by atoms with Gasteiger partial charge in [0.2, 0.25) is 5.91 Å². The second kappa shape index (κ2) is 6.35. The standard InChI is InChI=1S/C17H20N2O/c1-12(2)14-9-6-10-15(11-14)19-17(20)16(18)13-7-4-3-5-8-13/h3-12,16H,18H2,1-2H3,(H,19,20)/t16-/m1/s1. The van der Waals surface area contributed by atoms with Crippen LogP contribution in [0.1, 0.15) is 36.9 Å². The summed E-state index contributed by atoms with van der Waals surface area (Å²) in [6.07, 6.45) is 0. The Labute approximate surface area is 119 Å². The van der Waals surface area contributed by atoms with Gasteiger partial charge in [-0.05, 0) is 29.2 Å². The maximum absolute atomic E-state index is 12.2. The van der Waals surface area contributed by atoms with E-state index in [0.717, 1.165) is 11.3 Å². The number of hydrogen-bond donors (Lipinski definition) is 2. The number of hydrogen-bond acceptors (Lipinski definition) is 2. The molecule has 0 spiro atoms. The van der Waals surface area contributed by atoms with Crippen LogP contribution < -0.4 is 11.1 Å². The smallest absolute Gasteiger partial charge is 0.245 e. The summed E-state index contributed by atoms with van der Waals surface area (Å²) in [7, 11) is 0. The lowest BCUT2D eigenvalue weighted by Gasteiger charge is -2.14. The molecule has 20 heavy (non-hydrogen) atoms. The summed E-state index contributed by atoms with van der Waals surface area (Å²) in [5, 5.41) is 2.87. The first kappa shape index (κ1) is 14.3. The van der Waals surface area contributed by atoms with Crippen molar-refractivity contribution >= 4 is 11.6 Å². The molecule has 3 heteroatoms. The molecule has 0 fully saturated rings. The molecule has 3 nitrogen and oxygen atoms in total. The van der Waals surface area contributed by atoms with Crippen LogP contribution >= 0.6 is 0 Å². The summed E-state index contributed by atoms with van der Waals surface area (Å²) in [5.41, 5.74) is 8.76. The average Bonchev–Trinajstić information content (AvgIpc) is 2.47. The van der Waals surface area contributed by atoms with Gasteiger partial charge in [0.15, 0.2) is 0 Å². The highest BCUT2D eigenvalue weighted by molar-refractivity contribution is 5.95. The van der Waals surface area contributed by atoms with E-state index in [1.54, 1.807) is 0 Å². The van der Waals surface area contributed by atoms with E-state index in [9.17, 15) is 4.79 Å². The van der Waals surface area contributed by atoms with Gasteiger partial charge in [-0.2, -0.15) is 0 Å². The second-order valence-electron chi connectivity index (χ2n) is 5.16. The van der Waals surface area contributed by atoms with E-state index in [-0.39, 0.29) is 5.91 Å². The van der Waals surface area contributed by atoms with Gasteiger partial charge in [-0.1, -0.05) is 56.3 Å². The van der Waals surface area contributed by atoms with Gasteiger partial charge in [0, 0.05) is 5.69 Å². The van der Waals surface area contributed by atoms with Gasteiger partial charge in [0.1, 0.15) is 6.04 Å². The van der Waals surface area contributed by atoms with E-state index in [0.29, 0.717) is 5.92 Å². The fourth-order valence-corrected chi connectivity index (χ4v) is 2.01. The Morgan fingerprint density at radius 3 is 2.30 bits per heavy atom. The monoisotopic (exact) mass is 268 g/mol. The van der Waals surface area contributed by atoms with Crippen LogP contribution in [-0.4, -0.2) is 5.91 Å². The molecule has 1 atom stereocenters. The van der Waals surface area contributed by atoms with Crippen LogP contribution in [-0.2, 0) is 4.79 Å². The Kier molecular flexibility index (Phi) is 4.53. The number of rotatable bonds is 4. The second-order valence-corrected chi connectivity index (χ2v) is 5.16. The van der Waals surface area contributed by atoms with E-state index < -0.39 is 6.04 Å². The zero-order valence-electron chi connectivity index (χ0n) is 11.8. The van der Waals surface area contributed by atoms with E-state index >= 15 is 0 Å². The van der Waals surface area contributed by atoms with Crippen LogP contribution in [0.15, 0.2) is 54.6 Å². The predicted molar refractivity (Wildman–Crippen MR) is 82.5 cm³/mol. The number of anilines is 1. The highest BCUT2D eigenvalue weighted by Crippen LogP contribution is 2.19. The van der Waals surface area contributed by atoms with Crippen molar-refractivity contribution in [1.82, 2.24) is 0 Å². The molecule has 2 aromatic rings. The normalized spacial score (nSPS) is 12.2. The Hall–Kier alpha value is -2.13. The number of amides is 1. The van der Waals surface area contributed by atoms with Gasteiger partial charge >= 0.3 is 0 Å². The van der Waals surface area contributed by atoms with Crippen molar-refractivity contribution in [3.05, 3.63) is 65.7 Å². The highest BCUT2D eigenvalue weighted by Gasteiger charge is 2.15. The first-order chi connectivity index (χ1) is 9.58. The molecule has 0 saturated heterocycles. The fourth-order valence-electron chi connectivity index (χ4n) is 2.01. The summed E-state index contributed by atoms with van der Waals surface area (Å²) in [4.78, 5) is 12.2. The van der Waals surface area contributed by atoms with E-state index in [2.05, 4.69) is 25.2 Å². The molecule has 0 bridgehead atoms. The van der Waals surface area contributed by atoms with Crippen LogP contribution in [0.3, 0.4) is 0 Å². The quantitative estimate of drug-likeness (QED) is 0.892. The van der Waals surface area contributed by atoms with Crippen molar-refractivity contribution in [3.63, 3.8) is 0 Å². The Morgan fingerprint density at radius 2 is 1.65 bits per heavy atom. The summed E-state index contributed by atoms with van der Waals surface area (Å²) < 4.78 is 0. The highest BCUT2D eigenvalue weighted by atomic mass is 16.2. The van der Waals surface area contributed by atoms with E-state index in [1.165, 1.54) is 5.56 Å². The number of carbonyl (C=O) groups excluding carboxylic acids is 1. The van der Waals surface area contributed by atoms with Crippen molar-refractivity contribution in [2.24, 2.45) is 5.73 Å². The molecule has 0 aliphatic carbocycles. The lowest BCUT2D eigenvalue weighted by Crippen LogP contribution is -2.27. The topological polar surface area (TPSA) is 55.1 Å². The van der Waals surface area contributed by atoms with Crippen molar-refractivity contribution in [3.8, 4) is 0 Å². The average molecular weight is 268 g/mol. The molecule has 0 aromatic heterocycles. The zero-order valence-corrected chi connectivity index (χ0v) is 11.8. The number of benzene rings is 2. The molecule has 0 radical (unpaired) electrons. The molecule has 3 N–H and O–H groups in total. The maximum Gasteiger partial charge on any atom is 0.245 e. The largest absolute Gasteiger partial charge is 0.324 e. The van der Waals surface area contributed by atoms with Crippen LogP contribution in [0.2, 0.25) is 0 Å². The maximum atomic E-state index is 12.2. The van der Waals surface area contributed by atoms with Crippen molar-refractivity contribution in [2.75, 3.05) is 5.32 Å². The third kappa shape index (κ3) is 3.45. The fraction of sp³-hybridized carbons (Fsp3) is 0.235.